The summed E-state index contributed by atoms with van der Waals surface area (Å²) in [6.45, 7) is 8.21. The maximum atomic E-state index is 13.2. The average molecular weight is 379 g/mol. The summed E-state index contributed by atoms with van der Waals surface area (Å²) in [5.74, 6) is 1.88. The van der Waals surface area contributed by atoms with Gasteiger partial charge in [0.2, 0.25) is 0 Å². The minimum absolute atomic E-state index is 0.0637. The van der Waals surface area contributed by atoms with Crippen LogP contribution in [0.5, 0.6) is 11.5 Å². The number of amides is 1. The van der Waals surface area contributed by atoms with Crippen LogP contribution in [-0.4, -0.2) is 30.6 Å². The van der Waals surface area contributed by atoms with Crippen LogP contribution in [0.25, 0.3) is 11.0 Å². The molecule has 0 fully saturated rings. The maximum Gasteiger partial charge on any atom is 0.290 e. The van der Waals surface area contributed by atoms with E-state index in [1.165, 1.54) is 5.56 Å². The van der Waals surface area contributed by atoms with Gasteiger partial charge in [-0.2, -0.15) is 0 Å². The summed E-state index contributed by atoms with van der Waals surface area (Å²) in [6, 6.07) is 11.8. The van der Waals surface area contributed by atoms with Crippen LogP contribution in [0.1, 0.15) is 41.1 Å². The number of para-hydroxylation sites is 1. The van der Waals surface area contributed by atoms with E-state index in [1.54, 1.807) is 0 Å². The van der Waals surface area contributed by atoms with E-state index in [1.807, 2.05) is 56.0 Å². The minimum Gasteiger partial charge on any atom is -0.490 e. The molecule has 2 heterocycles. The summed E-state index contributed by atoms with van der Waals surface area (Å²) in [6.07, 6.45) is 0.785. The third kappa shape index (κ3) is 3.21. The van der Waals surface area contributed by atoms with Crippen LogP contribution in [0.3, 0.4) is 0 Å². The van der Waals surface area contributed by atoms with Crippen molar-refractivity contribution in [3.63, 3.8) is 0 Å². The molecule has 0 N–H and O–H groups in total. The van der Waals surface area contributed by atoms with Gasteiger partial charge < -0.3 is 18.8 Å². The Morgan fingerprint density at radius 1 is 1.07 bits per heavy atom. The molecule has 1 aliphatic heterocycles. The number of furan rings is 1. The topological polar surface area (TPSA) is 51.9 Å². The number of fused-ring (bicyclic) bond motifs is 2. The van der Waals surface area contributed by atoms with Gasteiger partial charge >= 0.3 is 0 Å². The van der Waals surface area contributed by atoms with Crippen molar-refractivity contribution in [2.24, 2.45) is 0 Å². The summed E-state index contributed by atoms with van der Waals surface area (Å²) in [5.41, 5.74) is 3.95. The molecule has 1 aliphatic rings. The summed E-state index contributed by atoms with van der Waals surface area (Å²) in [4.78, 5) is 15.0. The van der Waals surface area contributed by atoms with E-state index in [-0.39, 0.29) is 5.91 Å². The second kappa shape index (κ2) is 7.58. The summed E-state index contributed by atoms with van der Waals surface area (Å²) >= 11 is 0. The fraction of sp³-hybridized carbons (Fsp3) is 0.348. The number of carbonyl (C=O) groups excluding carboxylic acids is 1. The molecule has 28 heavy (non-hydrogen) atoms. The Balaban J connectivity index is 1.63. The summed E-state index contributed by atoms with van der Waals surface area (Å²) in [7, 11) is 0. The van der Waals surface area contributed by atoms with Crippen LogP contribution in [0, 0.1) is 6.92 Å². The van der Waals surface area contributed by atoms with Gasteiger partial charge in [0.25, 0.3) is 5.91 Å². The molecule has 0 saturated heterocycles. The third-order valence-corrected chi connectivity index (χ3v) is 5.20. The largest absolute Gasteiger partial charge is 0.490 e. The molecular formula is C23H25NO4. The highest BCUT2D eigenvalue weighted by Crippen LogP contribution is 2.35. The molecule has 5 nitrogen and oxygen atoms in total. The monoisotopic (exact) mass is 379 g/mol. The zero-order chi connectivity index (χ0) is 19.7. The predicted octanol–water partition coefficient (Wildman–Crippen LogP) is 4.74. The molecule has 0 bridgehead atoms. The number of rotatable bonds is 5. The second-order valence-electron chi connectivity index (χ2n) is 6.96. The van der Waals surface area contributed by atoms with Gasteiger partial charge in [-0.15, -0.1) is 0 Å². The van der Waals surface area contributed by atoms with E-state index in [4.69, 9.17) is 13.9 Å². The Morgan fingerprint density at radius 2 is 1.75 bits per heavy atom. The number of hydrogen-bond donors (Lipinski definition) is 0. The molecular weight excluding hydrogens is 354 g/mol. The smallest absolute Gasteiger partial charge is 0.290 e. The standard InChI is InChI=1S/C23H25NO4/c1-4-26-20-12-16-10-11-24(14-17(16)13-21(20)27-5-2)23(25)22-15(3)18-8-6-7-9-19(18)28-22/h6-9,12-13H,4-5,10-11,14H2,1-3H3. The minimum atomic E-state index is -0.0637. The highest BCUT2D eigenvalue weighted by Gasteiger charge is 2.27. The van der Waals surface area contributed by atoms with Crippen LogP contribution in [0.2, 0.25) is 0 Å². The first-order valence-electron chi connectivity index (χ1n) is 9.81. The molecule has 1 aromatic heterocycles. The van der Waals surface area contributed by atoms with E-state index in [0.29, 0.717) is 32.1 Å². The molecule has 1 amide bonds. The predicted molar refractivity (Wildman–Crippen MR) is 108 cm³/mol. The lowest BCUT2D eigenvalue weighted by Crippen LogP contribution is -2.36. The highest BCUT2D eigenvalue weighted by molar-refractivity contribution is 5.99. The first-order valence-corrected chi connectivity index (χ1v) is 9.81. The molecule has 0 radical (unpaired) electrons. The van der Waals surface area contributed by atoms with E-state index in [0.717, 1.165) is 40.0 Å². The van der Waals surface area contributed by atoms with Crippen molar-refractivity contribution in [1.29, 1.82) is 0 Å². The SMILES string of the molecule is CCOc1cc2c(cc1OCC)CN(C(=O)c1oc3ccccc3c1C)CC2. The van der Waals surface area contributed by atoms with Crippen molar-refractivity contribution in [3.8, 4) is 11.5 Å². The highest BCUT2D eigenvalue weighted by atomic mass is 16.5. The van der Waals surface area contributed by atoms with Crippen molar-refractivity contribution >= 4 is 16.9 Å². The number of hydrogen-bond acceptors (Lipinski definition) is 4. The van der Waals surface area contributed by atoms with Gasteiger partial charge in [0.15, 0.2) is 17.3 Å². The molecule has 0 spiro atoms. The number of benzene rings is 2. The van der Waals surface area contributed by atoms with Gasteiger partial charge in [0.05, 0.1) is 13.2 Å². The van der Waals surface area contributed by atoms with E-state index in [2.05, 4.69) is 6.07 Å². The molecule has 0 unspecified atom stereocenters. The normalized spacial score (nSPS) is 13.5. The lowest BCUT2D eigenvalue weighted by Gasteiger charge is -2.29. The molecule has 146 valence electrons. The zero-order valence-electron chi connectivity index (χ0n) is 16.6. The van der Waals surface area contributed by atoms with Crippen molar-refractivity contribution in [2.75, 3.05) is 19.8 Å². The molecule has 0 atom stereocenters. The zero-order valence-corrected chi connectivity index (χ0v) is 16.6. The van der Waals surface area contributed by atoms with E-state index >= 15 is 0 Å². The summed E-state index contributed by atoms with van der Waals surface area (Å²) < 4.78 is 17.4. The number of ether oxygens (including phenoxy) is 2. The van der Waals surface area contributed by atoms with Gasteiger partial charge in [-0.3, -0.25) is 4.79 Å². The molecule has 3 aromatic rings. The Hall–Kier alpha value is -2.95. The number of aryl methyl sites for hydroxylation is 1. The molecule has 2 aromatic carbocycles. The van der Waals surface area contributed by atoms with Crippen molar-refractivity contribution in [3.05, 3.63) is 58.8 Å². The lowest BCUT2D eigenvalue weighted by molar-refractivity contribution is 0.0703. The van der Waals surface area contributed by atoms with Gasteiger partial charge in [-0.25, -0.2) is 0 Å². The van der Waals surface area contributed by atoms with Crippen molar-refractivity contribution in [2.45, 2.75) is 33.7 Å². The number of carbonyl (C=O) groups is 1. The second-order valence-corrected chi connectivity index (χ2v) is 6.96. The fourth-order valence-electron chi connectivity index (χ4n) is 3.80. The Labute approximate surface area is 164 Å². The van der Waals surface area contributed by atoms with Gasteiger partial charge in [-0.1, -0.05) is 18.2 Å². The van der Waals surface area contributed by atoms with Gasteiger partial charge in [-0.05, 0) is 56.5 Å². The van der Waals surface area contributed by atoms with Gasteiger partial charge in [0.1, 0.15) is 5.58 Å². The maximum absolute atomic E-state index is 13.2. The quantitative estimate of drug-likeness (QED) is 0.643. The third-order valence-electron chi connectivity index (χ3n) is 5.20. The van der Waals surface area contributed by atoms with E-state index in [9.17, 15) is 4.79 Å². The molecule has 4 rings (SSSR count). The van der Waals surface area contributed by atoms with E-state index < -0.39 is 0 Å². The van der Waals surface area contributed by atoms with Crippen molar-refractivity contribution in [1.82, 2.24) is 4.90 Å². The lowest BCUT2D eigenvalue weighted by atomic mass is 9.98. The number of nitrogens with zero attached hydrogens (tertiary/aromatic N) is 1. The summed E-state index contributed by atoms with van der Waals surface area (Å²) in [5, 5.41) is 0.989. The Bertz CT molecular complexity index is 1020. The first-order chi connectivity index (χ1) is 13.6. The van der Waals surface area contributed by atoms with Crippen LogP contribution in [0.15, 0.2) is 40.8 Å². The van der Waals surface area contributed by atoms with Crippen LogP contribution >= 0.6 is 0 Å². The van der Waals surface area contributed by atoms with Crippen LogP contribution in [0.4, 0.5) is 0 Å². The first kappa shape index (κ1) is 18.4. The van der Waals surface area contributed by atoms with Crippen LogP contribution in [-0.2, 0) is 13.0 Å². The molecule has 0 saturated carbocycles. The molecule has 5 heteroatoms. The van der Waals surface area contributed by atoms with Crippen LogP contribution < -0.4 is 9.47 Å². The Kier molecular flexibility index (Phi) is 4.99. The fourth-order valence-corrected chi connectivity index (χ4v) is 3.80. The Morgan fingerprint density at radius 3 is 2.43 bits per heavy atom. The van der Waals surface area contributed by atoms with Crippen molar-refractivity contribution < 1.29 is 18.7 Å². The average Bonchev–Trinajstić information content (AvgIpc) is 3.05. The molecule has 0 aliphatic carbocycles. The van der Waals surface area contributed by atoms with Gasteiger partial charge in [0, 0.05) is 24.0 Å².